The Bertz CT molecular complexity index is 469. The second kappa shape index (κ2) is 4.92. The Labute approximate surface area is 111 Å². The predicted molar refractivity (Wildman–Crippen MR) is 64.5 cm³/mol. The van der Waals surface area contributed by atoms with Crippen LogP contribution in [0.3, 0.4) is 0 Å². The number of nitrogens with zero attached hydrogens (tertiary/aromatic N) is 2. The zero-order valence-corrected chi connectivity index (χ0v) is 10.9. The maximum atomic E-state index is 10.9. The highest BCUT2D eigenvalue weighted by molar-refractivity contribution is 5.70. The summed E-state index contributed by atoms with van der Waals surface area (Å²) in [5.74, 6) is 0.766. The Hall–Kier alpha value is -1.43. The quantitative estimate of drug-likeness (QED) is 0.878. The molecule has 104 valence electrons. The van der Waals surface area contributed by atoms with Gasteiger partial charge in [0.1, 0.15) is 6.10 Å². The van der Waals surface area contributed by atoms with Crippen molar-refractivity contribution in [3.05, 3.63) is 11.7 Å². The lowest BCUT2D eigenvalue weighted by molar-refractivity contribution is -0.141. The molecule has 3 unspecified atom stereocenters. The van der Waals surface area contributed by atoms with Crippen LogP contribution in [0, 0.1) is 11.8 Å². The molecule has 0 amide bonds. The molecule has 6 heteroatoms. The van der Waals surface area contributed by atoms with Gasteiger partial charge in [0.15, 0.2) is 0 Å². The van der Waals surface area contributed by atoms with E-state index in [-0.39, 0.29) is 17.9 Å². The monoisotopic (exact) mass is 266 g/mol. The molecule has 2 aliphatic carbocycles. The van der Waals surface area contributed by atoms with E-state index in [1.807, 2.05) is 0 Å². The summed E-state index contributed by atoms with van der Waals surface area (Å²) >= 11 is 0. The largest absolute Gasteiger partial charge is 0.481 e. The summed E-state index contributed by atoms with van der Waals surface area (Å²) in [7, 11) is 1.66. The number of aromatic nitrogens is 2. The maximum absolute atomic E-state index is 10.9. The smallest absolute Gasteiger partial charge is 0.306 e. The number of hydrogen-bond donors (Lipinski definition) is 1. The first-order valence-corrected chi connectivity index (χ1v) is 6.78. The number of ether oxygens (including phenoxy) is 1. The van der Waals surface area contributed by atoms with Crippen molar-refractivity contribution in [1.82, 2.24) is 10.1 Å². The lowest BCUT2D eigenvalue weighted by Crippen LogP contribution is -2.09. The molecule has 1 N–H and O–H groups in total. The number of carbonyl (C=O) groups is 1. The molecule has 1 aromatic heterocycles. The molecule has 1 heterocycles. The van der Waals surface area contributed by atoms with Crippen LogP contribution in [0.4, 0.5) is 0 Å². The summed E-state index contributed by atoms with van der Waals surface area (Å²) in [6.07, 6.45) is 4.31. The van der Waals surface area contributed by atoms with Gasteiger partial charge in [-0.15, -0.1) is 0 Å². The summed E-state index contributed by atoms with van der Waals surface area (Å²) in [6, 6.07) is 0. The van der Waals surface area contributed by atoms with Gasteiger partial charge in [-0.2, -0.15) is 4.98 Å². The van der Waals surface area contributed by atoms with Crippen LogP contribution in [0.1, 0.15) is 55.8 Å². The molecule has 0 saturated heterocycles. The van der Waals surface area contributed by atoms with Crippen molar-refractivity contribution in [2.75, 3.05) is 7.11 Å². The van der Waals surface area contributed by atoms with Gasteiger partial charge >= 0.3 is 5.97 Å². The van der Waals surface area contributed by atoms with Crippen molar-refractivity contribution >= 4 is 5.97 Å². The van der Waals surface area contributed by atoms with Crippen LogP contribution in [-0.2, 0) is 9.53 Å². The van der Waals surface area contributed by atoms with E-state index in [1.165, 1.54) is 0 Å². The highest BCUT2D eigenvalue weighted by atomic mass is 16.5. The van der Waals surface area contributed by atoms with Crippen molar-refractivity contribution in [3.63, 3.8) is 0 Å². The fourth-order valence-electron chi connectivity index (χ4n) is 2.87. The standard InChI is InChI=1S/C13H18N2O4/c1-18-10(7-2-3-7)11-14-12(19-15-11)8-4-5-9(6-8)13(16)17/h7-10H,2-6H2,1H3,(H,16,17). The second-order valence-corrected chi connectivity index (χ2v) is 5.53. The van der Waals surface area contributed by atoms with Crippen LogP contribution < -0.4 is 0 Å². The van der Waals surface area contributed by atoms with Crippen molar-refractivity contribution in [2.45, 2.75) is 44.1 Å². The Morgan fingerprint density at radius 1 is 1.42 bits per heavy atom. The Morgan fingerprint density at radius 3 is 2.79 bits per heavy atom. The Kier molecular flexibility index (Phi) is 3.26. The molecule has 2 fully saturated rings. The summed E-state index contributed by atoms with van der Waals surface area (Å²) < 4.78 is 10.7. The minimum absolute atomic E-state index is 0.0748. The first kappa shape index (κ1) is 12.6. The molecule has 0 aliphatic heterocycles. The molecule has 2 saturated carbocycles. The van der Waals surface area contributed by atoms with Crippen LogP contribution >= 0.6 is 0 Å². The van der Waals surface area contributed by atoms with Gasteiger partial charge in [-0.1, -0.05) is 5.16 Å². The third kappa shape index (κ3) is 2.49. The maximum Gasteiger partial charge on any atom is 0.306 e. The molecule has 1 aromatic rings. The molecular weight excluding hydrogens is 248 g/mol. The molecule has 0 radical (unpaired) electrons. The molecule has 2 aliphatic rings. The van der Waals surface area contributed by atoms with E-state index in [0.717, 1.165) is 19.3 Å². The minimum Gasteiger partial charge on any atom is -0.481 e. The molecule has 0 bridgehead atoms. The van der Waals surface area contributed by atoms with Crippen molar-refractivity contribution in [1.29, 1.82) is 0 Å². The van der Waals surface area contributed by atoms with Gasteiger partial charge in [0.05, 0.1) is 5.92 Å². The van der Waals surface area contributed by atoms with Gasteiger partial charge in [0.25, 0.3) is 0 Å². The van der Waals surface area contributed by atoms with Crippen LogP contribution in [0.15, 0.2) is 4.52 Å². The highest BCUT2D eigenvalue weighted by Crippen LogP contribution is 2.43. The van der Waals surface area contributed by atoms with Crippen LogP contribution in [0.25, 0.3) is 0 Å². The van der Waals surface area contributed by atoms with Crippen LogP contribution in [-0.4, -0.2) is 28.3 Å². The summed E-state index contributed by atoms with van der Waals surface area (Å²) in [6.45, 7) is 0. The van der Waals surface area contributed by atoms with Crippen LogP contribution in [0.2, 0.25) is 0 Å². The normalized spacial score (nSPS) is 28.5. The number of hydrogen-bond acceptors (Lipinski definition) is 5. The molecule has 6 nitrogen and oxygen atoms in total. The molecule has 0 spiro atoms. The van der Waals surface area contributed by atoms with E-state index in [0.29, 0.717) is 30.5 Å². The summed E-state index contributed by atoms with van der Waals surface area (Å²) in [5, 5.41) is 13.0. The van der Waals surface area contributed by atoms with Crippen LogP contribution in [0.5, 0.6) is 0 Å². The highest BCUT2D eigenvalue weighted by Gasteiger charge is 2.38. The zero-order valence-electron chi connectivity index (χ0n) is 10.9. The number of aliphatic carboxylic acids is 1. The van der Waals surface area contributed by atoms with Gasteiger partial charge in [-0.05, 0) is 38.0 Å². The average Bonchev–Trinajstić information content (AvgIpc) is 2.93. The number of rotatable bonds is 5. The van der Waals surface area contributed by atoms with Gasteiger partial charge < -0.3 is 14.4 Å². The first-order chi connectivity index (χ1) is 9.19. The van der Waals surface area contributed by atoms with E-state index >= 15 is 0 Å². The van der Waals surface area contributed by atoms with Gasteiger partial charge in [-0.3, -0.25) is 4.79 Å². The van der Waals surface area contributed by atoms with Crippen molar-refractivity contribution < 1.29 is 19.2 Å². The first-order valence-electron chi connectivity index (χ1n) is 6.78. The molecular formula is C13H18N2O4. The summed E-state index contributed by atoms with van der Waals surface area (Å²) in [4.78, 5) is 15.4. The van der Waals surface area contributed by atoms with E-state index in [2.05, 4.69) is 10.1 Å². The molecule has 19 heavy (non-hydrogen) atoms. The number of carboxylic acid groups (broad SMARTS) is 1. The molecule has 3 rings (SSSR count). The van der Waals surface area contributed by atoms with E-state index < -0.39 is 5.97 Å². The van der Waals surface area contributed by atoms with Crippen molar-refractivity contribution in [3.8, 4) is 0 Å². The zero-order chi connectivity index (χ0) is 13.4. The number of methoxy groups -OCH3 is 1. The lowest BCUT2D eigenvalue weighted by atomic mass is 10.1. The lowest BCUT2D eigenvalue weighted by Gasteiger charge is -2.08. The van der Waals surface area contributed by atoms with E-state index in [1.54, 1.807) is 7.11 Å². The fraction of sp³-hybridized carbons (Fsp3) is 0.769. The van der Waals surface area contributed by atoms with Gasteiger partial charge in [0, 0.05) is 13.0 Å². The van der Waals surface area contributed by atoms with Crippen molar-refractivity contribution in [2.24, 2.45) is 11.8 Å². The number of carboxylic acids is 1. The minimum atomic E-state index is -0.727. The van der Waals surface area contributed by atoms with E-state index in [4.69, 9.17) is 14.4 Å². The third-order valence-corrected chi connectivity index (χ3v) is 4.15. The SMILES string of the molecule is COC(c1noc(C2CCC(C(=O)O)C2)n1)C1CC1. The topological polar surface area (TPSA) is 85.5 Å². The van der Waals surface area contributed by atoms with Gasteiger partial charge in [-0.25, -0.2) is 0 Å². The molecule has 0 aromatic carbocycles. The summed E-state index contributed by atoms with van der Waals surface area (Å²) in [5.41, 5.74) is 0. The Balaban J connectivity index is 1.69. The average molecular weight is 266 g/mol. The molecule has 3 atom stereocenters. The fourth-order valence-corrected chi connectivity index (χ4v) is 2.87. The van der Waals surface area contributed by atoms with Gasteiger partial charge in [0.2, 0.25) is 11.7 Å². The predicted octanol–water partition coefficient (Wildman–Crippen LogP) is 2.14. The third-order valence-electron chi connectivity index (χ3n) is 4.15. The second-order valence-electron chi connectivity index (χ2n) is 5.53. The Morgan fingerprint density at radius 2 is 2.21 bits per heavy atom. The van der Waals surface area contributed by atoms with E-state index in [9.17, 15) is 4.79 Å².